The van der Waals surface area contributed by atoms with Crippen LogP contribution in [0.3, 0.4) is 0 Å². The van der Waals surface area contributed by atoms with E-state index in [4.69, 9.17) is 9.47 Å². The van der Waals surface area contributed by atoms with Gasteiger partial charge in [0.2, 0.25) is 5.75 Å². The Kier molecular flexibility index (Phi) is 7.63. The first-order chi connectivity index (χ1) is 19.5. The SMILES string of the molecule is CCOc1cc(C2C3=C(CCCC3=O)N(CC)C3=C2C(=O)CCC3)ccc1Oc1ccc(C(F)(F)F)cc1[N+](=O)[O-]. The number of ketones is 2. The summed E-state index contributed by atoms with van der Waals surface area (Å²) in [7, 11) is 0. The van der Waals surface area contributed by atoms with Gasteiger partial charge in [-0.15, -0.1) is 0 Å². The lowest BCUT2D eigenvalue weighted by atomic mass is 9.71. The summed E-state index contributed by atoms with van der Waals surface area (Å²) in [6.07, 6.45) is -1.05. The summed E-state index contributed by atoms with van der Waals surface area (Å²) >= 11 is 0. The first-order valence-electron chi connectivity index (χ1n) is 13.6. The maximum absolute atomic E-state index is 13.4. The van der Waals surface area contributed by atoms with Crippen molar-refractivity contribution in [1.82, 2.24) is 4.90 Å². The molecule has 0 radical (unpaired) electrons. The minimum absolute atomic E-state index is 0.00158. The third kappa shape index (κ3) is 5.20. The number of rotatable bonds is 7. The van der Waals surface area contributed by atoms with Crippen molar-refractivity contribution in [2.75, 3.05) is 13.2 Å². The van der Waals surface area contributed by atoms with Crippen molar-refractivity contribution in [2.24, 2.45) is 0 Å². The number of alkyl halides is 3. The molecule has 41 heavy (non-hydrogen) atoms. The van der Waals surface area contributed by atoms with Gasteiger partial charge in [0.25, 0.3) is 0 Å². The Bertz CT molecular complexity index is 1450. The van der Waals surface area contributed by atoms with Crippen molar-refractivity contribution < 1.29 is 37.2 Å². The number of benzene rings is 2. The highest BCUT2D eigenvalue weighted by atomic mass is 19.4. The predicted octanol–water partition coefficient (Wildman–Crippen LogP) is 7.24. The van der Waals surface area contributed by atoms with E-state index in [-0.39, 0.29) is 35.4 Å². The van der Waals surface area contributed by atoms with Gasteiger partial charge in [-0.3, -0.25) is 19.7 Å². The van der Waals surface area contributed by atoms with Crippen LogP contribution in [0, 0.1) is 10.1 Å². The molecule has 0 atom stereocenters. The molecular weight excluding hydrogens is 541 g/mol. The molecule has 0 amide bonds. The zero-order valence-electron chi connectivity index (χ0n) is 22.7. The lowest BCUT2D eigenvalue weighted by Crippen LogP contribution is -2.39. The van der Waals surface area contributed by atoms with Crippen molar-refractivity contribution in [1.29, 1.82) is 0 Å². The van der Waals surface area contributed by atoms with Crippen LogP contribution >= 0.6 is 0 Å². The normalized spacial score (nSPS) is 17.9. The standard InChI is InChI=1S/C30H29F3N2O6/c1-3-34-19-7-5-9-22(36)28(19)27(29-20(34)8-6-10-23(29)37)17-11-13-25(26(15-17)40-4-2)41-24-14-12-18(30(31,32)33)16-21(24)35(38)39/h11-16,27H,3-10H2,1-2H3. The molecule has 1 heterocycles. The maximum Gasteiger partial charge on any atom is 0.416 e. The molecule has 3 aliphatic rings. The molecule has 0 N–H and O–H groups in total. The Balaban J connectivity index is 1.61. The quantitative estimate of drug-likeness (QED) is 0.256. The van der Waals surface area contributed by atoms with Crippen molar-refractivity contribution in [3.05, 3.63) is 80.2 Å². The van der Waals surface area contributed by atoms with Gasteiger partial charge in [-0.2, -0.15) is 13.2 Å². The molecule has 216 valence electrons. The topological polar surface area (TPSA) is 99.0 Å². The molecule has 5 rings (SSSR count). The summed E-state index contributed by atoms with van der Waals surface area (Å²) in [5, 5.41) is 11.6. The van der Waals surface area contributed by atoms with Crippen LogP contribution in [-0.2, 0) is 15.8 Å². The number of Topliss-reactive ketones (excluding diaryl/α,β-unsaturated/α-hetero) is 2. The molecule has 11 heteroatoms. The fourth-order valence-electron chi connectivity index (χ4n) is 6.03. The minimum atomic E-state index is -4.76. The zero-order valence-corrected chi connectivity index (χ0v) is 22.7. The molecule has 0 bridgehead atoms. The number of nitro benzene ring substituents is 1. The van der Waals surface area contributed by atoms with Gasteiger partial charge >= 0.3 is 11.9 Å². The second-order valence-corrected chi connectivity index (χ2v) is 10.1. The third-order valence-corrected chi connectivity index (χ3v) is 7.71. The number of allylic oxidation sites excluding steroid dienone is 4. The van der Waals surface area contributed by atoms with Crippen molar-refractivity contribution in [3.63, 3.8) is 0 Å². The molecule has 1 aliphatic heterocycles. The van der Waals surface area contributed by atoms with Gasteiger partial charge in [-0.1, -0.05) is 6.07 Å². The van der Waals surface area contributed by atoms with Crippen LogP contribution in [0.5, 0.6) is 17.2 Å². The number of hydrogen-bond acceptors (Lipinski definition) is 7. The first kappa shape index (κ1) is 28.4. The second-order valence-electron chi connectivity index (χ2n) is 10.1. The van der Waals surface area contributed by atoms with E-state index in [0.717, 1.165) is 43.1 Å². The summed E-state index contributed by atoms with van der Waals surface area (Å²) in [5.74, 6) is -0.729. The van der Waals surface area contributed by atoms with Crippen LogP contribution in [0.4, 0.5) is 18.9 Å². The molecule has 0 aromatic heterocycles. The fourth-order valence-corrected chi connectivity index (χ4v) is 6.03. The van der Waals surface area contributed by atoms with E-state index in [1.165, 1.54) is 6.07 Å². The molecule has 0 spiro atoms. The maximum atomic E-state index is 13.4. The van der Waals surface area contributed by atoms with Crippen LogP contribution in [0.2, 0.25) is 0 Å². The number of carbonyl (C=O) groups is 2. The van der Waals surface area contributed by atoms with Gasteiger partial charge in [0.05, 0.1) is 17.1 Å². The largest absolute Gasteiger partial charge is 0.490 e. The monoisotopic (exact) mass is 570 g/mol. The number of halogens is 3. The number of ether oxygens (including phenoxy) is 2. The minimum Gasteiger partial charge on any atom is -0.490 e. The van der Waals surface area contributed by atoms with E-state index in [0.29, 0.717) is 48.2 Å². The highest BCUT2D eigenvalue weighted by Crippen LogP contribution is 2.50. The summed E-state index contributed by atoms with van der Waals surface area (Å²) in [5.41, 5.74) is 1.75. The van der Waals surface area contributed by atoms with Gasteiger partial charge in [0, 0.05) is 53.9 Å². The van der Waals surface area contributed by atoms with Gasteiger partial charge in [0.15, 0.2) is 23.1 Å². The number of nitro groups is 1. The van der Waals surface area contributed by atoms with Gasteiger partial charge in [-0.05, 0) is 69.4 Å². The molecule has 0 unspecified atom stereocenters. The fraction of sp³-hybridized carbons (Fsp3) is 0.400. The molecule has 8 nitrogen and oxygen atoms in total. The van der Waals surface area contributed by atoms with Crippen molar-refractivity contribution in [3.8, 4) is 17.2 Å². The average molecular weight is 571 g/mol. The van der Waals surface area contributed by atoms with Crippen LogP contribution in [0.25, 0.3) is 0 Å². The number of nitrogens with zero attached hydrogens (tertiary/aromatic N) is 2. The third-order valence-electron chi connectivity index (χ3n) is 7.71. The van der Waals surface area contributed by atoms with E-state index >= 15 is 0 Å². The predicted molar refractivity (Wildman–Crippen MR) is 143 cm³/mol. The highest BCUT2D eigenvalue weighted by molar-refractivity contribution is 6.06. The molecule has 0 saturated heterocycles. The molecule has 0 saturated carbocycles. The Hall–Kier alpha value is -4.15. The first-order valence-corrected chi connectivity index (χ1v) is 13.6. The van der Waals surface area contributed by atoms with Crippen LogP contribution in [0.15, 0.2) is 58.9 Å². The van der Waals surface area contributed by atoms with Gasteiger partial charge in [0.1, 0.15) is 0 Å². The molecule has 2 aliphatic carbocycles. The van der Waals surface area contributed by atoms with E-state index in [1.807, 2.05) is 6.92 Å². The smallest absolute Gasteiger partial charge is 0.416 e. The highest BCUT2D eigenvalue weighted by Gasteiger charge is 2.43. The molecule has 0 fully saturated rings. The van der Waals surface area contributed by atoms with E-state index in [2.05, 4.69) is 4.90 Å². The van der Waals surface area contributed by atoms with Gasteiger partial charge in [-0.25, -0.2) is 0 Å². The van der Waals surface area contributed by atoms with Crippen molar-refractivity contribution >= 4 is 17.3 Å². The number of hydrogen-bond donors (Lipinski definition) is 0. The lowest BCUT2D eigenvalue weighted by molar-refractivity contribution is -0.385. The molecule has 2 aromatic rings. The van der Waals surface area contributed by atoms with E-state index in [9.17, 15) is 32.9 Å². The Labute approximate surface area is 234 Å². The van der Waals surface area contributed by atoms with Crippen LogP contribution in [-0.4, -0.2) is 34.5 Å². The second kappa shape index (κ2) is 11.0. The van der Waals surface area contributed by atoms with Crippen LogP contribution < -0.4 is 9.47 Å². The Morgan fingerprint density at radius 3 is 2.05 bits per heavy atom. The summed E-state index contributed by atoms with van der Waals surface area (Å²) in [6, 6.07) is 6.88. The summed E-state index contributed by atoms with van der Waals surface area (Å²) < 4.78 is 51.1. The van der Waals surface area contributed by atoms with E-state index in [1.54, 1.807) is 19.1 Å². The van der Waals surface area contributed by atoms with Gasteiger partial charge < -0.3 is 14.4 Å². The summed E-state index contributed by atoms with van der Waals surface area (Å²) in [4.78, 5) is 39.5. The Morgan fingerprint density at radius 2 is 1.51 bits per heavy atom. The number of carbonyl (C=O) groups excluding carboxylic acids is 2. The average Bonchev–Trinajstić information content (AvgIpc) is 2.93. The lowest BCUT2D eigenvalue weighted by Gasteiger charge is -2.43. The zero-order chi connectivity index (χ0) is 29.5. The molecule has 2 aromatic carbocycles. The van der Waals surface area contributed by atoms with E-state index < -0.39 is 28.3 Å². The summed E-state index contributed by atoms with van der Waals surface area (Å²) in [6.45, 7) is 4.58. The van der Waals surface area contributed by atoms with Crippen LogP contribution in [0.1, 0.15) is 69.4 Å². The Morgan fingerprint density at radius 1 is 0.902 bits per heavy atom. The molecular formula is C30H29F3N2O6. The van der Waals surface area contributed by atoms with Crippen molar-refractivity contribution in [2.45, 2.75) is 64.5 Å².